The lowest BCUT2D eigenvalue weighted by atomic mass is 10.1. The average molecular weight is 178 g/mol. The Balaban J connectivity index is 2.63. The van der Waals surface area contributed by atoms with Gasteiger partial charge in [0, 0.05) is 11.0 Å². The molecule has 0 bridgehead atoms. The lowest BCUT2D eigenvalue weighted by Crippen LogP contribution is -2.21. The zero-order valence-electron chi connectivity index (χ0n) is 7.11. The molecule has 1 aromatic rings. The number of nitroso groups, excluding NO2 is 1. The molecule has 0 fully saturated rings. The van der Waals surface area contributed by atoms with Gasteiger partial charge in [-0.1, -0.05) is 6.07 Å². The molecule has 0 N–H and O–H groups in total. The van der Waals surface area contributed by atoms with Crippen molar-refractivity contribution < 1.29 is 14.3 Å². The van der Waals surface area contributed by atoms with Gasteiger partial charge in [-0.2, -0.15) is 0 Å². The van der Waals surface area contributed by atoms with Crippen molar-refractivity contribution in [2.24, 2.45) is 0 Å². The second-order valence-corrected chi connectivity index (χ2v) is 2.96. The monoisotopic (exact) mass is 178 g/mol. The van der Waals surface area contributed by atoms with Gasteiger partial charge < -0.3 is 4.74 Å². The molecule has 0 saturated heterocycles. The first kappa shape index (κ1) is 7.91. The summed E-state index contributed by atoms with van der Waals surface area (Å²) < 4.78 is 5.31. The van der Waals surface area contributed by atoms with E-state index in [2.05, 4.69) is 4.74 Å². The molecule has 1 aliphatic rings. The van der Waals surface area contributed by atoms with Crippen LogP contribution in [0.25, 0.3) is 0 Å². The minimum Gasteiger partial charge on any atom is -0.397 e. The van der Waals surface area contributed by atoms with Crippen molar-refractivity contribution in [3.63, 3.8) is 0 Å². The third-order valence-corrected chi connectivity index (χ3v) is 1.95. The number of benzene rings is 1. The number of esters is 1. The van der Waals surface area contributed by atoms with Crippen LogP contribution in [0.15, 0.2) is 18.2 Å². The second kappa shape index (κ2) is 2.65. The Bertz CT molecular complexity index is 398. The zero-order chi connectivity index (χ0) is 9.42. The number of ether oxygens (including phenoxy) is 1. The second-order valence-electron chi connectivity index (χ2n) is 2.96. The minimum absolute atomic E-state index is 0.213. The fraction of sp³-hybridized carbons (Fsp3) is 0.222. The van der Waals surface area contributed by atoms with Gasteiger partial charge in [-0.05, 0) is 18.6 Å². The molecule has 2 rings (SSSR count). The molecule has 0 amide bonds. The van der Waals surface area contributed by atoms with Gasteiger partial charge in [0.15, 0.2) is 0 Å². The number of carbonyl (C=O) groups excluding carboxylic acids is 1. The molecule has 1 aromatic carbocycles. The van der Waals surface area contributed by atoms with Crippen molar-refractivity contribution >= 4 is 11.7 Å². The Morgan fingerprint density at radius 2 is 2.23 bits per heavy atom. The van der Waals surface area contributed by atoms with E-state index in [0.717, 1.165) is 5.56 Å². The van der Waals surface area contributed by atoms with E-state index in [1.54, 1.807) is 18.2 Å². The van der Waals surface area contributed by atoms with Crippen molar-refractivity contribution in [3.05, 3.63) is 34.2 Å². The molecule has 4 heteroatoms. The van der Waals surface area contributed by atoms with Crippen LogP contribution in [0.3, 0.4) is 0 Å². The molecule has 13 heavy (non-hydrogen) atoms. The first-order chi connectivity index (χ1) is 6.18. The van der Waals surface area contributed by atoms with Crippen LogP contribution >= 0.6 is 0 Å². The Kier molecular flexibility index (Phi) is 1.62. The summed E-state index contributed by atoms with van der Waals surface area (Å²) in [6, 6.07) is 5.09. The minimum atomic E-state index is -0.425. The van der Waals surface area contributed by atoms with Crippen LogP contribution in [0.1, 0.15) is 15.9 Å². The fourth-order valence-electron chi connectivity index (χ4n) is 1.30. The van der Waals surface area contributed by atoms with E-state index < -0.39 is 5.97 Å². The van der Waals surface area contributed by atoms with Crippen LogP contribution in [0.4, 0.5) is 5.69 Å². The number of carbonyl (C=O) groups is 1. The Morgan fingerprint density at radius 1 is 1.46 bits per heavy atom. The summed E-state index contributed by atoms with van der Waals surface area (Å²) in [4.78, 5) is 22.4. The molecular weight excluding hydrogens is 170 g/mol. The Labute approximate surface area is 74.7 Å². The third-order valence-electron chi connectivity index (χ3n) is 1.95. The van der Waals surface area contributed by atoms with Gasteiger partial charge in [0.25, 0.3) is 5.69 Å². The number of hydrogen-bond acceptors (Lipinski definition) is 3. The Hall–Kier alpha value is -1.71. The van der Waals surface area contributed by atoms with E-state index in [9.17, 15) is 9.70 Å². The van der Waals surface area contributed by atoms with Crippen LogP contribution in [0.5, 0.6) is 0 Å². The van der Waals surface area contributed by atoms with Crippen LogP contribution in [0.2, 0.25) is 0 Å². The van der Waals surface area contributed by atoms with Crippen molar-refractivity contribution in [3.8, 4) is 0 Å². The molecule has 0 aliphatic carbocycles. The summed E-state index contributed by atoms with van der Waals surface area (Å²) in [7, 11) is 0. The first-order valence-electron chi connectivity index (χ1n) is 3.91. The van der Waals surface area contributed by atoms with Crippen LogP contribution < -0.4 is 0 Å². The molecule has 1 aliphatic heterocycles. The van der Waals surface area contributed by atoms with Crippen LogP contribution in [0, 0.1) is 11.8 Å². The van der Waals surface area contributed by atoms with Gasteiger partial charge in [0.05, 0.1) is 4.76 Å². The highest BCUT2D eigenvalue weighted by molar-refractivity contribution is 5.94. The van der Waals surface area contributed by atoms with Crippen molar-refractivity contribution in [1.82, 2.24) is 0 Å². The predicted octanol–water partition coefficient (Wildman–Crippen LogP) is 1.53. The highest BCUT2D eigenvalue weighted by Gasteiger charge is 2.31. The van der Waals surface area contributed by atoms with Gasteiger partial charge in [-0.15, -0.1) is 0 Å². The van der Waals surface area contributed by atoms with Gasteiger partial charge in [0.1, 0.15) is 5.56 Å². The summed E-state index contributed by atoms with van der Waals surface area (Å²) in [6.07, 6.45) is 0. The summed E-state index contributed by atoms with van der Waals surface area (Å²) >= 11 is 0. The van der Waals surface area contributed by atoms with E-state index >= 15 is 0 Å². The standard InChI is InChI=1S/C9H8NO3/c1-6-2-3-8-7(4-6)9(11)13-5-10(8)12/h2-4H,5H2,1H3/q+1. The van der Waals surface area contributed by atoms with E-state index in [-0.39, 0.29) is 6.73 Å². The molecule has 66 valence electrons. The maximum Gasteiger partial charge on any atom is 0.350 e. The fourth-order valence-corrected chi connectivity index (χ4v) is 1.30. The number of fused-ring (bicyclic) bond motifs is 1. The molecule has 0 unspecified atom stereocenters. The number of aryl methyl sites for hydroxylation is 1. The molecule has 0 aromatic heterocycles. The average Bonchev–Trinajstić information content (AvgIpc) is 2.12. The lowest BCUT2D eigenvalue weighted by Gasteiger charge is -2.07. The molecule has 1 heterocycles. The van der Waals surface area contributed by atoms with Gasteiger partial charge in [0.2, 0.25) is 0 Å². The summed E-state index contributed by atoms with van der Waals surface area (Å²) in [5.74, 6) is -0.425. The maximum atomic E-state index is 11.2. The molecule has 0 spiro atoms. The molecular formula is C9H8NO3+. The normalized spacial score (nSPS) is 15.2. The zero-order valence-corrected chi connectivity index (χ0v) is 7.11. The SMILES string of the molecule is Cc1ccc2c(c1)C(=O)OC[N+]2=O. The molecule has 4 nitrogen and oxygen atoms in total. The van der Waals surface area contributed by atoms with E-state index in [0.29, 0.717) is 16.0 Å². The van der Waals surface area contributed by atoms with Crippen molar-refractivity contribution in [2.75, 3.05) is 6.73 Å². The predicted molar refractivity (Wildman–Crippen MR) is 44.7 cm³/mol. The van der Waals surface area contributed by atoms with Crippen molar-refractivity contribution in [2.45, 2.75) is 6.92 Å². The van der Waals surface area contributed by atoms with E-state index in [1.165, 1.54) is 0 Å². The molecule has 0 radical (unpaired) electrons. The van der Waals surface area contributed by atoms with E-state index in [4.69, 9.17) is 0 Å². The van der Waals surface area contributed by atoms with E-state index in [1.807, 2.05) is 6.92 Å². The van der Waals surface area contributed by atoms with Gasteiger partial charge >= 0.3 is 12.7 Å². The Morgan fingerprint density at radius 3 is 3.00 bits per heavy atom. The summed E-state index contributed by atoms with van der Waals surface area (Å²) in [5, 5.41) is 0. The highest BCUT2D eigenvalue weighted by atomic mass is 16.6. The number of nitrogens with zero attached hydrogens (tertiary/aromatic N) is 1. The van der Waals surface area contributed by atoms with Crippen molar-refractivity contribution in [1.29, 1.82) is 0 Å². The number of rotatable bonds is 0. The molecule has 0 atom stereocenters. The summed E-state index contributed by atoms with van der Waals surface area (Å²) in [5.41, 5.74) is 1.68. The lowest BCUT2D eigenvalue weighted by molar-refractivity contribution is -0.507. The number of cyclic esters (lactones) is 1. The molecule has 0 saturated carbocycles. The van der Waals surface area contributed by atoms with Gasteiger partial charge in [-0.3, -0.25) is 0 Å². The van der Waals surface area contributed by atoms with Crippen LogP contribution in [-0.2, 0) is 4.74 Å². The third kappa shape index (κ3) is 1.20. The largest absolute Gasteiger partial charge is 0.397 e. The summed E-state index contributed by atoms with van der Waals surface area (Å²) in [6.45, 7) is 1.65. The maximum absolute atomic E-state index is 11.2. The first-order valence-corrected chi connectivity index (χ1v) is 3.91. The topological polar surface area (TPSA) is 46.4 Å². The highest BCUT2D eigenvalue weighted by Crippen LogP contribution is 2.24. The number of hydrogen-bond donors (Lipinski definition) is 0. The van der Waals surface area contributed by atoms with Crippen LogP contribution in [-0.4, -0.2) is 17.5 Å². The smallest absolute Gasteiger partial charge is 0.350 e. The van der Waals surface area contributed by atoms with Gasteiger partial charge in [-0.25, -0.2) is 4.79 Å². The quantitative estimate of drug-likeness (QED) is 0.447.